The van der Waals surface area contributed by atoms with E-state index in [0.29, 0.717) is 10.7 Å². The van der Waals surface area contributed by atoms with E-state index in [2.05, 4.69) is 20.8 Å². The Hall–Kier alpha value is -3.06. The number of hydrogen-bond donors (Lipinski definition) is 2. The van der Waals surface area contributed by atoms with Gasteiger partial charge in [0.05, 0.1) is 0 Å². The Bertz CT molecular complexity index is 1010. The molecule has 0 spiro atoms. The summed E-state index contributed by atoms with van der Waals surface area (Å²) in [6.45, 7) is 7.74. The van der Waals surface area contributed by atoms with Gasteiger partial charge < -0.3 is 5.32 Å². The van der Waals surface area contributed by atoms with Gasteiger partial charge in [0.15, 0.2) is 0 Å². The zero-order chi connectivity index (χ0) is 21.0. The van der Waals surface area contributed by atoms with E-state index in [1.54, 1.807) is 12.1 Å². The zero-order valence-corrected chi connectivity index (χ0v) is 17.7. The quantitative estimate of drug-likeness (QED) is 0.640. The topological polar surface area (TPSA) is 84.0 Å². The molecule has 0 unspecified atom stereocenters. The summed E-state index contributed by atoms with van der Waals surface area (Å²) < 4.78 is 0. The third kappa shape index (κ3) is 5.26. The van der Waals surface area contributed by atoms with Crippen molar-refractivity contribution in [3.8, 4) is 10.6 Å². The fourth-order valence-electron chi connectivity index (χ4n) is 2.82. The molecule has 0 radical (unpaired) electrons. The van der Waals surface area contributed by atoms with Crippen LogP contribution in [0.4, 0.5) is 5.13 Å². The molecule has 6 nitrogen and oxygen atoms in total. The van der Waals surface area contributed by atoms with E-state index in [-0.39, 0.29) is 17.7 Å². The highest BCUT2D eigenvalue weighted by Gasteiger charge is 2.25. The van der Waals surface area contributed by atoms with Gasteiger partial charge in [-0.2, -0.15) is 0 Å². The van der Waals surface area contributed by atoms with E-state index in [0.717, 1.165) is 21.7 Å². The molecule has 0 aliphatic carbocycles. The first-order valence-electron chi connectivity index (χ1n) is 9.42. The summed E-state index contributed by atoms with van der Waals surface area (Å²) in [6.07, 6.45) is 0. The monoisotopic (exact) mass is 408 g/mol. The molecule has 3 aromatic rings. The van der Waals surface area contributed by atoms with Crippen LogP contribution in [0.2, 0.25) is 0 Å². The average Bonchev–Trinajstić information content (AvgIpc) is 3.14. The molecule has 2 aromatic carbocycles. The number of nitrogens with zero attached hydrogens (tertiary/aromatic N) is 2. The summed E-state index contributed by atoms with van der Waals surface area (Å²) >= 11 is 1.30. The highest BCUT2D eigenvalue weighted by molar-refractivity contribution is 7.18. The smallest absolute Gasteiger partial charge is 0.251 e. The van der Waals surface area contributed by atoms with Crippen LogP contribution in [0.25, 0.3) is 10.6 Å². The van der Waals surface area contributed by atoms with E-state index in [1.807, 2.05) is 64.1 Å². The lowest BCUT2D eigenvalue weighted by molar-refractivity contribution is -0.118. The van der Waals surface area contributed by atoms with E-state index >= 15 is 0 Å². The number of anilines is 1. The molecule has 150 valence electrons. The standard InChI is InChI=1S/C22H24N4O2S/c1-13(2)18(23-19(27)16-10-8-14(3)9-11-16)20(28)24-22-26-25-21(29-22)17-7-5-6-15(4)12-17/h5-13,18H,1-4H3,(H,23,27)(H,24,26,28)/t18-/m1/s1. The van der Waals surface area contributed by atoms with E-state index in [1.165, 1.54) is 11.3 Å². The zero-order valence-electron chi connectivity index (χ0n) is 16.9. The molecule has 1 atom stereocenters. The molecule has 7 heteroatoms. The van der Waals surface area contributed by atoms with Gasteiger partial charge in [-0.25, -0.2) is 0 Å². The van der Waals surface area contributed by atoms with E-state index in [4.69, 9.17) is 0 Å². The highest BCUT2D eigenvalue weighted by Crippen LogP contribution is 2.27. The minimum absolute atomic E-state index is 0.0893. The largest absolute Gasteiger partial charge is 0.340 e. The Balaban J connectivity index is 1.70. The summed E-state index contributed by atoms with van der Waals surface area (Å²) in [6, 6.07) is 14.5. The van der Waals surface area contributed by atoms with Crippen molar-refractivity contribution in [2.24, 2.45) is 5.92 Å². The van der Waals surface area contributed by atoms with Gasteiger partial charge in [0.2, 0.25) is 11.0 Å². The third-order valence-corrected chi connectivity index (χ3v) is 5.36. The molecule has 29 heavy (non-hydrogen) atoms. The second-order valence-electron chi connectivity index (χ2n) is 7.33. The minimum Gasteiger partial charge on any atom is -0.340 e. The lowest BCUT2D eigenvalue weighted by Gasteiger charge is -2.21. The summed E-state index contributed by atoms with van der Waals surface area (Å²) in [5, 5.41) is 15.0. The Kier molecular flexibility index (Phi) is 6.39. The first kappa shape index (κ1) is 20.7. The van der Waals surface area contributed by atoms with Crippen molar-refractivity contribution in [3.63, 3.8) is 0 Å². The Morgan fingerprint density at radius 2 is 1.69 bits per heavy atom. The fraction of sp³-hybridized carbons (Fsp3) is 0.273. The lowest BCUT2D eigenvalue weighted by atomic mass is 10.0. The van der Waals surface area contributed by atoms with Crippen molar-refractivity contribution in [3.05, 3.63) is 65.2 Å². The Morgan fingerprint density at radius 1 is 0.966 bits per heavy atom. The second-order valence-corrected chi connectivity index (χ2v) is 8.31. The van der Waals surface area contributed by atoms with Crippen molar-refractivity contribution < 1.29 is 9.59 Å². The summed E-state index contributed by atoms with van der Waals surface area (Å²) in [5.41, 5.74) is 3.67. The first-order valence-corrected chi connectivity index (χ1v) is 10.2. The van der Waals surface area contributed by atoms with Crippen LogP contribution >= 0.6 is 11.3 Å². The number of hydrogen-bond acceptors (Lipinski definition) is 5. The molecule has 0 aliphatic rings. The maximum absolute atomic E-state index is 12.8. The summed E-state index contributed by atoms with van der Waals surface area (Å²) in [4.78, 5) is 25.3. The third-order valence-electron chi connectivity index (χ3n) is 4.47. The maximum Gasteiger partial charge on any atom is 0.251 e. The molecule has 0 saturated heterocycles. The van der Waals surface area contributed by atoms with Gasteiger partial charge >= 0.3 is 0 Å². The van der Waals surface area contributed by atoms with Crippen LogP contribution in [-0.2, 0) is 4.79 Å². The van der Waals surface area contributed by atoms with Crippen LogP contribution in [0.1, 0.15) is 35.3 Å². The van der Waals surface area contributed by atoms with Gasteiger partial charge in [0, 0.05) is 11.1 Å². The van der Waals surface area contributed by atoms with Crippen LogP contribution in [0.5, 0.6) is 0 Å². The van der Waals surface area contributed by atoms with Crippen LogP contribution in [0.3, 0.4) is 0 Å². The molecular weight excluding hydrogens is 384 g/mol. The predicted octanol–water partition coefficient (Wildman–Crippen LogP) is 4.22. The fourth-order valence-corrected chi connectivity index (χ4v) is 3.56. The number of nitrogens with one attached hydrogen (secondary N) is 2. The number of amides is 2. The van der Waals surface area contributed by atoms with Crippen LogP contribution < -0.4 is 10.6 Å². The molecule has 1 aromatic heterocycles. The Labute approximate surface area is 174 Å². The Morgan fingerprint density at radius 3 is 2.34 bits per heavy atom. The number of carbonyl (C=O) groups excluding carboxylic acids is 2. The highest BCUT2D eigenvalue weighted by atomic mass is 32.1. The molecule has 0 fully saturated rings. The number of aromatic nitrogens is 2. The van der Waals surface area contributed by atoms with E-state index in [9.17, 15) is 9.59 Å². The molecule has 0 bridgehead atoms. The molecule has 1 heterocycles. The molecule has 2 amide bonds. The number of aryl methyl sites for hydroxylation is 2. The molecule has 0 saturated carbocycles. The number of rotatable bonds is 6. The van der Waals surface area contributed by atoms with Crippen molar-refractivity contribution in [2.75, 3.05) is 5.32 Å². The van der Waals surface area contributed by atoms with Gasteiger partial charge in [-0.15, -0.1) is 10.2 Å². The van der Waals surface area contributed by atoms with Crippen LogP contribution in [0.15, 0.2) is 48.5 Å². The average molecular weight is 409 g/mol. The maximum atomic E-state index is 12.8. The van der Waals surface area contributed by atoms with Crippen molar-refractivity contribution in [1.82, 2.24) is 15.5 Å². The summed E-state index contributed by atoms with van der Waals surface area (Å²) in [5.74, 6) is -0.683. The van der Waals surface area contributed by atoms with Gasteiger partial charge in [-0.1, -0.05) is 66.6 Å². The molecular formula is C22H24N4O2S. The normalized spacial score (nSPS) is 11.9. The van der Waals surface area contributed by atoms with Crippen molar-refractivity contribution >= 4 is 28.3 Å². The van der Waals surface area contributed by atoms with Gasteiger partial charge in [0.25, 0.3) is 5.91 Å². The summed E-state index contributed by atoms with van der Waals surface area (Å²) in [7, 11) is 0. The van der Waals surface area contributed by atoms with Gasteiger partial charge in [-0.05, 0) is 38.0 Å². The molecule has 3 rings (SSSR count). The van der Waals surface area contributed by atoms with Crippen molar-refractivity contribution in [1.29, 1.82) is 0 Å². The first-order chi connectivity index (χ1) is 13.8. The van der Waals surface area contributed by atoms with Gasteiger partial charge in [0.1, 0.15) is 11.0 Å². The lowest BCUT2D eigenvalue weighted by Crippen LogP contribution is -2.47. The molecule has 2 N–H and O–H groups in total. The SMILES string of the molecule is Cc1ccc(C(=O)N[C@@H](C(=O)Nc2nnc(-c3cccc(C)c3)s2)C(C)C)cc1. The second kappa shape index (κ2) is 8.96. The number of carbonyl (C=O) groups is 2. The minimum atomic E-state index is -0.685. The number of benzene rings is 2. The predicted molar refractivity (Wildman–Crippen MR) is 116 cm³/mol. The van der Waals surface area contributed by atoms with Crippen molar-refractivity contribution in [2.45, 2.75) is 33.7 Å². The van der Waals surface area contributed by atoms with Crippen LogP contribution in [0, 0.1) is 19.8 Å². The van der Waals surface area contributed by atoms with Crippen LogP contribution in [-0.4, -0.2) is 28.1 Å². The molecule has 0 aliphatic heterocycles. The van der Waals surface area contributed by atoms with E-state index < -0.39 is 6.04 Å². The van der Waals surface area contributed by atoms with Gasteiger partial charge in [-0.3, -0.25) is 14.9 Å².